The van der Waals surface area contributed by atoms with Gasteiger partial charge in [-0.05, 0) is 43.5 Å². The van der Waals surface area contributed by atoms with Crippen LogP contribution in [0.2, 0.25) is 0 Å². The van der Waals surface area contributed by atoms with E-state index in [9.17, 15) is 5.11 Å². The predicted molar refractivity (Wildman–Crippen MR) is 76.0 cm³/mol. The summed E-state index contributed by atoms with van der Waals surface area (Å²) in [5, 5.41) is 9.30. The molecule has 2 rings (SSSR count). The number of methoxy groups -OCH3 is 1. The summed E-state index contributed by atoms with van der Waals surface area (Å²) in [5.74, 6) is 1.50. The number of hydrogen-bond acceptors (Lipinski definition) is 4. The fourth-order valence-electron chi connectivity index (χ4n) is 2.76. The molecule has 4 nitrogen and oxygen atoms in total. The molecular formula is C15H24N2O2. The summed E-state index contributed by atoms with van der Waals surface area (Å²) < 4.78 is 5.28. The molecule has 0 amide bonds. The zero-order valence-electron chi connectivity index (χ0n) is 11.8. The van der Waals surface area contributed by atoms with Crippen LogP contribution in [0.4, 0.5) is 0 Å². The molecule has 0 spiro atoms. The second-order valence-electron chi connectivity index (χ2n) is 5.54. The molecule has 0 atom stereocenters. The van der Waals surface area contributed by atoms with Crippen molar-refractivity contribution in [1.29, 1.82) is 0 Å². The van der Waals surface area contributed by atoms with E-state index < -0.39 is 0 Å². The van der Waals surface area contributed by atoms with E-state index in [2.05, 4.69) is 24.1 Å². The van der Waals surface area contributed by atoms with E-state index in [1.807, 2.05) is 6.07 Å². The van der Waals surface area contributed by atoms with Gasteiger partial charge in [0.05, 0.1) is 13.2 Å². The maximum Gasteiger partial charge on any atom is 0.123 e. The second-order valence-corrected chi connectivity index (χ2v) is 5.54. The van der Waals surface area contributed by atoms with E-state index in [-0.39, 0.29) is 6.10 Å². The third kappa shape index (κ3) is 3.69. The van der Waals surface area contributed by atoms with Crippen molar-refractivity contribution in [3.63, 3.8) is 0 Å². The first-order chi connectivity index (χ1) is 9.12. The first kappa shape index (κ1) is 14.3. The van der Waals surface area contributed by atoms with Gasteiger partial charge in [0.2, 0.25) is 0 Å². The molecule has 0 aliphatic heterocycles. The monoisotopic (exact) mass is 264 g/mol. The van der Waals surface area contributed by atoms with Crippen molar-refractivity contribution >= 4 is 0 Å². The van der Waals surface area contributed by atoms with Crippen LogP contribution in [0.3, 0.4) is 0 Å². The summed E-state index contributed by atoms with van der Waals surface area (Å²) in [4.78, 5) is 2.30. The molecule has 0 saturated heterocycles. The molecular weight excluding hydrogens is 240 g/mol. The molecule has 1 aliphatic carbocycles. The number of rotatable bonds is 6. The number of nitrogens with zero attached hydrogens (tertiary/aromatic N) is 1. The lowest BCUT2D eigenvalue weighted by molar-refractivity contribution is 0.0274. The van der Waals surface area contributed by atoms with E-state index in [1.165, 1.54) is 5.56 Å². The Kier molecular flexibility index (Phi) is 4.80. The van der Waals surface area contributed by atoms with Gasteiger partial charge in [0.1, 0.15) is 5.75 Å². The molecule has 3 N–H and O–H groups in total. The van der Waals surface area contributed by atoms with Crippen LogP contribution in [0.25, 0.3) is 0 Å². The van der Waals surface area contributed by atoms with Crippen LogP contribution in [0.15, 0.2) is 18.2 Å². The van der Waals surface area contributed by atoms with Gasteiger partial charge in [0.15, 0.2) is 0 Å². The summed E-state index contributed by atoms with van der Waals surface area (Å²) in [7, 11) is 3.79. The normalized spacial score (nSPS) is 22.4. The maximum atomic E-state index is 9.30. The summed E-state index contributed by atoms with van der Waals surface area (Å²) in [6.45, 7) is 2.44. The van der Waals surface area contributed by atoms with Crippen molar-refractivity contribution in [3.05, 3.63) is 29.3 Å². The Morgan fingerprint density at radius 3 is 2.74 bits per heavy atom. The number of ether oxygens (including phenoxy) is 1. The Balaban J connectivity index is 1.91. The highest BCUT2D eigenvalue weighted by Crippen LogP contribution is 2.28. The predicted octanol–water partition coefficient (Wildman–Crippen LogP) is 1.36. The van der Waals surface area contributed by atoms with Gasteiger partial charge in [-0.2, -0.15) is 0 Å². The third-order valence-corrected chi connectivity index (χ3v) is 3.80. The molecule has 19 heavy (non-hydrogen) atoms. The van der Waals surface area contributed by atoms with E-state index in [0.29, 0.717) is 12.5 Å². The quantitative estimate of drug-likeness (QED) is 0.814. The van der Waals surface area contributed by atoms with E-state index in [4.69, 9.17) is 10.5 Å². The molecule has 0 heterocycles. The van der Waals surface area contributed by atoms with Crippen LogP contribution in [0, 0.1) is 5.92 Å². The number of benzene rings is 1. The van der Waals surface area contributed by atoms with Crippen LogP contribution in [-0.4, -0.2) is 36.8 Å². The van der Waals surface area contributed by atoms with Gasteiger partial charge in [0, 0.05) is 25.2 Å². The van der Waals surface area contributed by atoms with Crippen molar-refractivity contribution in [2.75, 3.05) is 20.7 Å². The van der Waals surface area contributed by atoms with Crippen LogP contribution in [-0.2, 0) is 13.1 Å². The van der Waals surface area contributed by atoms with Crippen LogP contribution < -0.4 is 10.5 Å². The van der Waals surface area contributed by atoms with E-state index in [0.717, 1.165) is 37.2 Å². The molecule has 1 fully saturated rings. The minimum absolute atomic E-state index is 0.0665. The Morgan fingerprint density at radius 1 is 1.42 bits per heavy atom. The Labute approximate surface area is 115 Å². The van der Waals surface area contributed by atoms with Gasteiger partial charge in [-0.15, -0.1) is 0 Å². The Bertz CT molecular complexity index is 417. The first-order valence-electron chi connectivity index (χ1n) is 6.84. The van der Waals surface area contributed by atoms with Gasteiger partial charge in [-0.25, -0.2) is 0 Å². The summed E-state index contributed by atoms with van der Waals surface area (Å²) in [6.07, 6.45) is 1.82. The fourth-order valence-corrected chi connectivity index (χ4v) is 2.76. The lowest BCUT2D eigenvalue weighted by atomic mass is 9.82. The van der Waals surface area contributed by atoms with Gasteiger partial charge in [-0.3, -0.25) is 0 Å². The number of aliphatic hydroxyl groups is 1. The SMILES string of the molecule is COc1ccc(CN(C)CC2CC(O)C2)cc1CN. The van der Waals surface area contributed by atoms with Crippen LogP contribution in [0.5, 0.6) is 5.75 Å². The smallest absolute Gasteiger partial charge is 0.123 e. The maximum absolute atomic E-state index is 9.30. The third-order valence-electron chi connectivity index (χ3n) is 3.80. The first-order valence-corrected chi connectivity index (χ1v) is 6.84. The lowest BCUT2D eigenvalue weighted by Crippen LogP contribution is -2.36. The van der Waals surface area contributed by atoms with Crippen molar-refractivity contribution in [1.82, 2.24) is 4.90 Å². The van der Waals surface area contributed by atoms with Gasteiger partial charge in [-0.1, -0.05) is 6.07 Å². The molecule has 1 saturated carbocycles. The molecule has 106 valence electrons. The largest absolute Gasteiger partial charge is 0.496 e. The lowest BCUT2D eigenvalue weighted by Gasteiger charge is -2.34. The molecule has 1 aliphatic rings. The number of nitrogens with two attached hydrogens (primary N) is 1. The molecule has 0 unspecified atom stereocenters. The average molecular weight is 264 g/mol. The average Bonchev–Trinajstić information content (AvgIpc) is 2.36. The summed E-state index contributed by atoms with van der Waals surface area (Å²) in [5.41, 5.74) is 8.03. The number of aliphatic hydroxyl groups excluding tert-OH is 1. The highest BCUT2D eigenvalue weighted by Gasteiger charge is 2.27. The highest BCUT2D eigenvalue weighted by molar-refractivity contribution is 5.37. The van der Waals surface area contributed by atoms with Gasteiger partial charge >= 0.3 is 0 Å². The van der Waals surface area contributed by atoms with Crippen molar-refractivity contribution in [2.45, 2.75) is 32.0 Å². The van der Waals surface area contributed by atoms with Crippen molar-refractivity contribution in [3.8, 4) is 5.75 Å². The topological polar surface area (TPSA) is 58.7 Å². The minimum Gasteiger partial charge on any atom is -0.496 e. The van der Waals surface area contributed by atoms with Crippen LogP contribution in [0.1, 0.15) is 24.0 Å². The van der Waals surface area contributed by atoms with Crippen LogP contribution >= 0.6 is 0 Å². The molecule has 1 aromatic rings. The fraction of sp³-hybridized carbons (Fsp3) is 0.600. The zero-order valence-corrected chi connectivity index (χ0v) is 11.8. The minimum atomic E-state index is -0.0665. The highest BCUT2D eigenvalue weighted by atomic mass is 16.5. The van der Waals surface area contributed by atoms with Crippen molar-refractivity contribution < 1.29 is 9.84 Å². The Morgan fingerprint density at radius 2 is 2.16 bits per heavy atom. The molecule has 1 aromatic carbocycles. The molecule has 0 bridgehead atoms. The second kappa shape index (κ2) is 6.37. The molecule has 4 heteroatoms. The molecule has 0 aromatic heterocycles. The Hall–Kier alpha value is -1.10. The standard InChI is InChI=1S/C15H24N2O2/c1-17(10-12-6-14(18)7-12)9-11-3-4-15(19-2)13(5-11)8-16/h3-5,12,14,18H,6-10,16H2,1-2H3. The van der Waals surface area contributed by atoms with E-state index >= 15 is 0 Å². The van der Waals surface area contributed by atoms with Gasteiger partial charge in [0.25, 0.3) is 0 Å². The number of hydrogen-bond donors (Lipinski definition) is 2. The summed E-state index contributed by atoms with van der Waals surface area (Å²) >= 11 is 0. The molecule has 0 radical (unpaired) electrons. The summed E-state index contributed by atoms with van der Waals surface area (Å²) in [6, 6.07) is 6.19. The zero-order chi connectivity index (χ0) is 13.8. The van der Waals surface area contributed by atoms with Gasteiger partial charge < -0.3 is 20.5 Å². The van der Waals surface area contributed by atoms with E-state index in [1.54, 1.807) is 7.11 Å². The van der Waals surface area contributed by atoms with Crippen molar-refractivity contribution in [2.24, 2.45) is 11.7 Å².